The van der Waals surface area contributed by atoms with Gasteiger partial charge in [-0.2, -0.15) is 36.9 Å². The van der Waals surface area contributed by atoms with Crippen LogP contribution in [-0.2, 0) is 34.5 Å². The molecule has 18 nitrogen and oxygen atoms in total. The molecule has 0 saturated carbocycles. The van der Waals surface area contributed by atoms with Crippen LogP contribution in [0.4, 0.5) is 40.3 Å². The number of azo groups is 1. The van der Waals surface area contributed by atoms with Crippen LogP contribution in [0.25, 0.3) is 10.8 Å². The fraction of sp³-hybridized carbons (Fsp3) is 0.0741. The van der Waals surface area contributed by atoms with Crippen molar-refractivity contribution in [3.8, 4) is 5.75 Å². The molecular formula is C27H23ClN8O10S3. The van der Waals surface area contributed by atoms with Crippen LogP contribution in [0.15, 0.2) is 92.8 Å². The zero-order chi connectivity index (χ0) is 35.6. The molecule has 5 rings (SSSR count). The fourth-order valence-electron chi connectivity index (χ4n) is 4.31. The van der Waals surface area contributed by atoms with E-state index in [1.165, 1.54) is 54.6 Å². The zero-order valence-electron chi connectivity index (χ0n) is 24.5. The Bertz CT molecular complexity index is 2430. The number of anilines is 5. The molecule has 0 bridgehead atoms. The van der Waals surface area contributed by atoms with Gasteiger partial charge in [-0.3, -0.25) is 9.11 Å². The van der Waals surface area contributed by atoms with Gasteiger partial charge < -0.3 is 21.5 Å². The number of fused-ring (bicyclic) bond motifs is 1. The highest BCUT2D eigenvalue weighted by Gasteiger charge is 2.22. The van der Waals surface area contributed by atoms with E-state index in [1.54, 1.807) is 12.1 Å². The minimum Gasteiger partial charge on any atom is -0.507 e. The summed E-state index contributed by atoms with van der Waals surface area (Å²) in [6.07, 6.45) is 0. The third-order valence-electron chi connectivity index (χ3n) is 6.43. The lowest BCUT2D eigenvalue weighted by atomic mass is 10.1. The normalized spacial score (nSPS) is 12.4. The van der Waals surface area contributed by atoms with Gasteiger partial charge in [-0.25, -0.2) is 12.6 Å². The summed E-state index contributed by atoms with van der Waals surface area (Å²) < 4.78 is 93.3. The minimum atomic E-state index is -4.80. The molecule has 5 aromatic rings. The molecule has 0 radical (unpaired) electrons. The van der Waals surface area contributed by atoms with Crippen LogP contribution >= 0.6 is 11.6 Å². The number of hydrogen-bond acceptors (Lipinski definition) is 16. The molecule has 0 aliphatic rings. The van der Waals surface area contributed by atoms with Gasteiger partial charge in [-0.05, 0) is 71.6 Å². The maximum atomic E-state index is 12.6. The van der Waals surface area contributed by atoms with E-state index >= 15 is 0 Å². The smallest absolute Gasteiger partial charge is 0.397 e. The summed E-state index contributed by atoms with van der Waals surface area (Å²) in [4.78, 5) is 11.4. The minimum absolute atomic E-state index is 0.00967. The van der Waals surface area contributed by atoms with Crippen molar-refractivity contribution in [2.75, 3.05) is 28.7 Å². The quantitative estimate of drug-likeness (QED) is 0.0572. The monoisotopic (exact) mass is 750 g/mol. The number of nitrogens with two attached hydrogens (primary N) is 1. The van der Waals surface area contributed by atoms with Gasteiger partial charge in [0.15, 0.2) is 9.84 Å². The average Bonchev–Trinajstić information content (AvgIpc) is 3.00. The second-order valence-corrected chi connectivity index (χ2v) is 14.8. The van der Waals surface area contributed by atoms with Crippen LogP contribution in [0, 0.1) is 0 Å². The Balaban J connectivity index is 1.32. The summed E-state index contributed by atoms with van der Waals surface area (Å²) >= 11 is 6.07. The molecule has 1 aromatic heterocycles. The highest BCUT2D eigenvalue weighted by atomic mass is 35.5. The molecule has 0 fully saturated rings. The van der Waals surface area contributed by atoms with Gasteiger partial charge in [0.1, 0.15) is 16.3 Å². The van der Waals surface area contributed by atoms with Crippen LogP contribution in [0.3, 0.4) is 0 Å². The van der Waals surface area contributed by atoms with Crippen LogP contribution in [0.5, 0.6) is 5.75 Å². The van der Waals surface area contributed by atoms with Gasteiger partial charge in [-0.1, -0.05) is 18.2 Å². The van der Waals surface area contributed by atoms with Crippen LogP contribution in [0.2, 0.25) is 5.28 Å². The second-order valence-electron chi connectivity index (χ2n) is 9.83. The Labute approximate surface area is 283 Å². The topological polar surface area (TPSA) is 286 Å². The number of halogens is 1. The SMILES string of the molecule is Nc1c(N=Nc2ccc(Nc3nc(Cl)nc(Nc4cccc(S(=O)(=O)CCOS(=O)(=O)O)c4)n3)cc2)c(S(=O)(=O)O)cc2cccc(O)c12. The number of aromatic nitrogens is 3. The highest BCUT2D eigenvalue weighted by Crippen LogP contribution is 2.41. The lowest BCUT2D eigenvalue weighted by Crippen LogP contribution is -2.15. The number of sulfone groups is 1. The highest BCUT2D eigenvalue weighted by molar-refractivity contribution is 7.91. The molecule has 22 heteroatoms. The van der Waals surface area contributed by atoms with Crippen molar-refractivity contribution < 1.29 is 43.6 Å². The molecule has 0 spiro atoms. The molecule has 49 heavy (non-hydrogen) atoms. The van der Waals surface area contributed by atoms with Crippen molar-refractivity contribution in [3.05, 3.63) is 78.1 Å². The summed E-state index contributed by atoms with van der Waals surface area (Å²) in [7, 11) is -13.6. The Hall–Kier alpha value is -5.03. The van der Waals surface area contributed by atoms with Crippen molar-refractivity contribution in [1.82, 2.24) is 15.0 Å². The van der Waals surface area contributed by atoms with Crippen LogP contribution in [-0.4, -0.2) is 66.8 Å². The van der Waals surface area contributed by atoms with E-state index in [0.717, 1.165) is 6.07 Å². The van der Waals surface area contributed by atoms with Crippen molar-refractivity contribution >= 4 is 93.1 Å². The summed E-state index contributed by atoms with van der Waals surface area (Å²) in [5, 5.41) is 24.1. The molecule has 7 N–H and O–H groups in total. The summed E-state index contributed by atoms with van der Waals surface area (Å²) in [6, 6.07) is 17.0. The number of nitrogens with one attached hydrogen (secondary N) is 2. The van der Waals surface area contributed by atoms with E-state index in [0.29, 0.717) is 5.69 Å². The van der Waals surface area contributed by atoms with E-state index < -0.39 is 47.6 Å². The van der Waals surface area contributed by atoms with Gasteiger partial charge in [0.2, 0.25) is 17.2 Å². The van der Waals surface area contributed by atoms with Crippen LogP contribution in [0.1, 0.15) is 0 Å². The third kappa shape index (κ3) is 8.91. The van der Waals surface area contributed by atoms with Crippen LogP contribution < -0.4 is 16.4 Å². The maximum absolute atomic E-state index is 12.6. The second kappa shape index (κ2) is 13.8. The summed E-state index contributed by atoms with van der Waals surface area (Å²) in [5.74, 6) is -1.02. The first-order valence-electron chi connectivity index (χ1n) is 13.4. The lowest BCUT2D eigenvalue weighted by Gasteiger charge is -2.11. The number of aromatic hydroxyl groups is 1. The summed E-state index contributed by atoms with van der Waals surface area (Å²) in [6.45, 7) is -0.791. The number of nitrogens with zero attached hydrogens (tertiary/aromatic N) is 5. The van der Waals surface area contributed by atoms with E-state index in [2.05, 4.69) is 40.0 Å². The van der Waals surface area contributed by atoms with Gasteiger partial charge in [0.25, 0.3) is 10.1 Å². The van der Waals surface area contributed by atoms with Crippen molar-refractivity contribution in [2.24, 2.45) is 10.2 Å². The van der Waals surface area contributed by atoms with Crippen molar-refractivity contribution in [2.45, 2.75) is 9.79 Å². The number of phenolic OH excluding ortho intramolecular Hbond substituents is 1. The Morgan fingerprint density at radius 3 is 2.12 bits per heavy atom. The lowest BCUT2D eigenvalue weighted by molar-refractivity contribution is 0.284. The van der Waals surface area contributed by atoms with E-state index in [4.69, 9.17) is 21.9 Å². The standard InChI is InChI=1S/C27H23ClN8O10S3/c28-25-32-26(34-27(33-25)31-18-4-2-5-19(14-18)47(38,39)12-11-46-49(43,44)45)30-16-7-9-17(10-8-16)35-36-24-21(48(40,41)42)13-15-3-1-6-20(37)22(15)23(24)29/h1-10,13-14,37H,11-12,29H2,(H,40,41,42)(H,43,44,45)(H2,30,31,32,33,34). The van der Waals surface area contributed by atoms with Gasteiger partial charge >= 0.3 is 10.4 Å². The third-order valence-corrected chi connectivity index (χ3v) is 9.60. The molecule has 0 unspecified atom stereocenters. The fourth-order valence-corrected chi connectivity index (χ4v) is 6.67. The number of hydrogen-bond donors (Lipinski definition) is 6. The predicted molar refractivity (Wildman–Crippen MR) is 178 cm³/mol. The van der Waals surface area contributed by atoms with Gasteiger partial charge in [0, 0.05) is 16.8 Å². The molecule has 1 heterocycles. The first kappa shape index (κ1) is 35.3. The molecule has 4 aromatic carbocycles. The van der Waals surface area contributed by atoms with E-state index in [-0.39, 0.29) is 61.3 Å². The number of rotatable bonds is 12. The average molecular weight is 751 g/mol. The molecule has 256 valence electrons. The Morgan fingerprint density at radius 1 is 0.816 bits per heavy atom. The number of phenols is 1. The van der Waals surface area contributed by atoms with E-state index in [1.807, 2.05) is 0 Å². The van der Waals surface area contributed by atoms with Gasteiger partial charge in [0.05, 0.1) is 28.6 Å². The first-order chi connectivity index (χ1) is 23.0. The summed E-state index contributed by atoms with van der Waals surface area (Å²) in [5.41, 5.74) is 6.48. The zero-order valence-corrected chi connectivity index (χ0v) is 27.7. The van der Waals surface area contributed by atoms with Crippen molar-refractivity contribution in [3.63, 3.8) is 0 Å². The maximum Gasteiger partial charge on any atom is 0.397 e. The molecule has 0 atom stereocenters. The largest absolute Gasteiger partial charge is 0.507 e. The molecule has 0 aliphatic carbocycles. The molecule has 0 saturated heterocycles. The number of nitrogen functional groups attached to an aromatic ring is 1. The molecular weight excluding hydrogens is 728 g/mol. The van der Waals surface area contributed by atoms with Crippen molar-refractivity contribution in [1.29, 1.82) is 0 Å². The van der Waals surface area contributed by atoms with E-state index in [9.17, 15) is 34.9 Å². The van der Waals surface area contributed by atoms with Gasteiger partial charge in [-0.15, -0.1) is 5.11 Å². The Morgan fingerprint density at radius 2 is 1.47 bits per heavy atom. The number of benzene rings is 4. The molecule has 0 amide bonds. The molecule has 0 aliphatic heterocycles. The first-order valence-corrected chi connectivity index (χ1v) is 18.3. The Kier molecular flexibility index (Phi) is 9.96. The predicted octanol–water partition coefficient (Wildman–Crippen LogP) is 4.71.